The second-order valence-corrected chi connectivity index (χ2v) is 5.12. The van der Waals surface area contributed by atoms with E-state index >= 15 is 0 Å². The number of carbonyl (C=O) groups excluding carboxylic acids is 1. The first-order valence-electron chi connectivity index (χ1n) is 5.68. The molecule has 6 heteroatoms. The van der Waals surface area contributed by atoms with E-state index < -0.39 is 23.1 Å². The van der Waals surface area contributed by atoms with Gasteiger partial charge in [-0.15, -0.1) is 0 Å². The van der Waals surface area contributed by atoms with E-state index in [1.807, 2.05) is 0 Å². The zero-order valence-electron chi connectivity index (χ0n) is 9.51. The molecular weight excluding hydrogens is 308 g/mol. The first-order chi connectivity index (χ1) is 8.58. The lowest BCUT2D eigenvalue weighted by Gasteiger charge is -2.12. The molecule has 1 aliphatic rings. The van der Waals surface area contributed by atoms with Crippen molar-refractivity contribution in [3.63, 3.8) is 0 Å². The van der Waals surface area contributed by atoms with Crippen molar-refractivity contribution in [1.82, 2.24) is 5.48 Å². The van der Waals surface area contributed by atoms with E-state index in [2.05, 4.69) is 21.4 Å². The molecule has 3 nitrogen and oxygen atoms in total. The highest BCUT2D eigenvalue weighted by molar-refractivity contribution is 9.10. The maximum atomic E-state index is 13.5. The van der Waals surface area contributed by atoms with Crippen LogP contribution in [0.3, 0.4) is 0 Å². The predicted octanol–water partition coefficient (Wildman–Crippen LogP) is 3.33. The van der Waals surface area contributed by atoms with Gasteiger partial charge in [-0.05, 0) is 25.0 Å². The van der Waals surface area contributed by atoms with Gasteiger partial charge in [0.1, 0.15) is 17.2 Å². The van der Waals surface area contributed by atoms with Gasteiger partial charge in [0.15, 0.2) is 0 Å². The lowest BCUT2D eigenvalue weighted by molar-refractivity contribution is -0.0129. The molecule has 0 radical (unpaired) electrons. The van der Waals surface area contributed by atoms with Crippen molar-refractivity contribution >= 4 is 21.8 Å². The summed E-state index contributed by atoms with van der Waals surface area (Å²) in [6.07, 6.45) is 3.73. The van der Waals surface area contributed by atoms with E-state index in [1.165, 1.54) is 0 Å². The van der Waals surface area contributed by atoms with E-state index in [4.69, 9.17) is 4.84 Å². The summed E-state index contributed by atoms with van der Waals surface area (Å²) in [5.74, 6) is -2.74. The molecule has 0 aromatic heterocycles. The van der Waals surface area contributed by atoms with Crippen LogP contribution < -0.4 is 5.48 Å². The topological polar surface area (TPSA) is 38.3 Å². The van der Waals surface area contributed by atoms with Crippen LogP contribution in [0.1, 0.15) is 36.0 Å². The molecular formula is C12H12BrF2NO2. The smallest absolute Gasteiger partial charge is 0.270 e. The average molecular weight is 320 g/mol. The molecule has 2 rings (SSSR count). The van der Waals surface area contributed by atoms with Gasteiger partial charge in [0.25, 0.3) is 5.91 Å². The van der Waals surface area contributed by atoms with Crippen molar-refractivity contribution < 1.29 is 18.4 Å². The number of amides is 1. The molecule has 0 saturated heterocycles. The Hall–Kier alpha value is -1.01. The molecule has 0 aliphatic heterocycles. The Kier molecular flexibility index (Phi) is 4.29. The van der Waals surface area contributed by atoms with Crippen LogP contribution in [0.2, 0.25) is 0 Å². The second kappa shape index (κ2) is 5.75. The second-order valence-electron chi connectivity index (χ2n) is 4.20. The summed E-state index contributed by atoms with van der Waals surface area (Å²) < 4.78 is 27.2. The zero-order chi connectivity index (χ0) is 13.1. The fourth-order valence-corrected chi connectivity index (χ4v) is 2.36. The van der Waals surface area contributed by atoms with Crippen molar-refractivity contribution in [2.24, 2.45) is 0 Å². The van der Waals surface area contributed by atoms with Crippen molar-refractivity contribution in [2.45, 2.75) is 31.8 Å². The van der Waals surface area contributed by atoms with E-state index in [0.29, 0.717) is 0 Å². The van der Waals surface area contributed by atoms with Gasteiger partial charge in [-0.2, -0.15) is 0 Å². The summed E-state index contributed by atoms with van der Waals surface area (Å²) in [4.78, 5) is 16.7. The van der Waals surface area contributed by atoms with Crippen LogP contribution in [0.25, 0.3) is 0 Å². The Bertz CT molecular complexity index is 438. The van der Waals surface area contributed by atoms with Crippen LogP contribution in [-0.4, -0.2) is 12.0 Å². The summed E-state index contributed by atoms with van der Waals surface area (Å²) >= 11 is 2.95. The molecule has 0 spiro atoms. The van der Waals surface area contributed by atoms with Gasteiger partial charge in [0.05, 0.1) is 6.10 Å². The van der Waals surface area contributed by atoms with Gasteiger partial charge in [-0.1, -0.05) is 28.8 Å². The lowest BCUT2D eigenvalue weighted by atomic mass is 10.2. The molecule has 1 aromatic carbocycles. The first kappa shape index (κ1) is 13.4. The van der Waals surface area contributed by atoms with Gasteiger partial charge >= 0.3 is 0 Å². The van der Waals surface area contributed by atoms with Crippen LogP contribution in [0.4, 0.5) is 8.78 Å². The van der Waals surface area contributed by atoms with Crippen LogP contribution >= 0.6 is 15.9 Å². The number of nitrogens with one attached hydrogen (secondary N) is 1. The zero-order valence-corrected chi connectivity index (χ0v) is 11.1. The van der Waals surface area contributed by atoms with Gasteiger partial charge in [-0.25, -0.2) is 14.3 Å². The van der Waals surface area contributed by atoms with Gasteiger partial charge in [-0.3, -0.25) is 9.63 Å². The third-order valence-electron chi connectivity index (χ3n) is 2.85. The van der Waals surface area contributed by atoms with Crippen molar-refractivity contribution in [2.75, 3.05) is 0 Å². The first-order valence-corrected chi connectivity index (χ1v) is 6.48. The molecule has 1 N–H and O–H groups in total. The SMILES string of the molecule is O=C(NOC1CCCC1)c1c(F)cc(Br)cc1F. The predicted molar refractivity (Wildman–Crippen MR) is 64.9 cm³/mol. The molecule has 0 atom stereocenters. The highest BCUT2D eigenvalue weighted by Gasteiger charge is 2.21. The van der Waals surface area contributed by atoms with Crippen molar-refractivity contribution in [1.29, 1.82) is 0 Å². The number of halogens is 3. The van der Waals surface area contributed by atoms with E-state index in [9.17, 15) is 13.6 Å². The van der Waals surface area contributed by atoms with E-state index in [0.717, 1.165) is 37.8 Å². The quantitative estimate of drug-likeness (QED) is 0.868. The molecule has 0 heterocycles. The fourth-order valence-electron chi connectivity index (χ4n) is 1.95. The van der Waals surface area contributed by atoms with Crippen molar-refractivity contribution in [3.8, 4) is 0 Å². The maximum Gasteiger partial charge on any atom is 0.280 e. The molecule has 1 fully saturated rings. The van der Waals surface area contributed by atoms with Crippen LogP contribution in [0, 0.1) is 11.6 Å². The molecule has 1 saturated carbocycles. The highest BCUT2D eigenvalue weighted by Crippen LogP contribution is 2.21. The van der Waals surface area contributed by atoms with Crippen LogP contribution in [0.5, 0.6) is 0 Å². The summed E-state index contributed by atoms with van der Waals surface area (Å²) in [6, 6.07) is 2.07. The monoisotopic (exact) mass is 319 g/mol. The minimum absolute atomic E-state index is 0.0597. The van der Waals surface area contributed by atoms with E-state index in [1.54, 1.807) is 0 Å². The molecule has 18 heavy (non-hydrogen) atoms. The summed E-state index contributed by atoms with van der Waals surface area (Å²) in [6.45, 7) is 0. The highest BCUT2D eigenvalue weighted by atomic mass is 79.9. The normalized spacial score (nSPS) is 15.9. The Balaban J connectivity index is 2.04. The largest absolute Gasteiger partial charge is 0.280 e. The number of hydrogen-bond donors (Lipinski definition) is 1. The average Bonchev–Trinajstić information content (AvgIpc) is 2.77. The summed E-state index contributed by atoms with van der Waals surface area (Å²) in [7, 11) is 0. The minimum atomic E-state index is -0.922. The number of carbonyl (C=O) groups is 1. The number of hydrogen-bond acceptors (Lipinski definition) is 2. The Morgan fingerprint density at radius 1 is 1.28 bits per heavy atom. The van der Waals surface area contributed by atoms with Gasteiger partial charge < -0.3 is 0 Å². The summed E-state index contributed by atoms with van der Waals surface area (Å²) in [5.41, 5.74) is 1.48. The van der Waals surface area contributed by atoms with Gasteiger partial charge in [0.2, 0.25) is 0 Å². The molecule has 1 amide bonds. The third-order valence-corrected chi connectivity index (χ3v) is 3.31. The molecule has 98 valence electrons. The van der Waals surface area contributed by atoms with Crippen LogP contribution in [0.15, 0.2) is 16.6 Å². The molecule has 1 aliphatic carbocycles. The Morgan fingerprint density at radius 2 is 1.83 bits per heavy atom. The van der Waals surface area contributed by atoms with Crippen LogP contribution in [-0.2, 0) is 4.84 Å². The number of benzene rings is 1. The Morgan fingerprint density at radius 3 is 2.39 bits per heavy atom. The van der Waals surface area contributed by atoms with E-state index in [-0.39, 0.29) is 10.6 Å². The fraction of sp³-hybridized carbons (Fsp3) is 0.417. The maximum absolute atomic E-state index is 13.5. The minimum Gasteiger partial charge on any atom is -0.270 e. The third kappa shape index (κ3) is 3.05. The van der Waals surface area contributed by atoms with Crippen molar-refractivity contribution in [3.05, 3.63) is 33.8 Å². The van der Waals surface area contributed by atoms with Gasteiger partial charge in [0, 0.05) is 4.47 Å². The number of hydroxylamine groups is 1. The number of rotatable bonds is 3. The molecule has 1 aromatic rings. The molecule has 0 unspecified atom stereocenters. The lowest BCUT2D eigenvalue weighted by Crippen LogP contribution is -2.29. The Labute approximate surface area is 112 Å². The molecule has 0 bridgehead atoms. The standard InChI is InChI=1S/C12H12BrF2NO2/c13-7-5-9(14)11(10(15)6-7)12(17)16-18-8-3-1-2-4-8/h5-6,8H,1-4H2,(H,16,17). The summed E-state index contributed by atoms with van der Waals surface area (Å²) in [5, 5.41) is 0.